The maximum atomic E-state index is 5.93. The van der Waals surface area contributed by atoms with E-state index < -0.39 is 0 Å². The van der Waals surface area contributed by atoms with Gasteiger partial charge in [0.15, 0.2) is 0 Å². The molecule has 2 N–H and O–H groups in total. The van der Waals surface area contributed by atoms with Gasteiger partial charge < -0.3 is 19.9 Å². The topological polar surface area (TPSA) is 53.7 Å². The number of nitrogens with two attached hydrogens (primary N) is 1. The third-order valence-electron chi connectivity index (χ3n) is 2.99. The molecule has 0 fully saturated rings. The number of benzene rings is 1. The molecular formula is C17H29NO3. The smallest absolute Gasteiger partial charge is 0.124 e. The van der Waals surface area contributed by atoms with Gasteiger partial charge in [0.05, 0.1) is 26.4 Å². The van der Waals surface area contributed by atoms with Gasteiger partial charge in [0, 0.05) is 18.2 Å². The largest absolute Gasteiger partial charge is 0.494 e. The fourth-order valence-electron chi connectivity index (χ4n) is 1.91. The molecule has 0 aliphatic carbocycles. The zero-order chi connectivity index (χ0) is 15.7. The summed E-state index contributed by atoms with van der Waals surface area (Å²) in [7, 11) is 0. The van der Waals surface area contributed by atoms with Crippen molar-refractivity contribution in [1.29, 1.82) is 0 Å². The van der Waals surface area contributed by atoms with E-state index in [1.165, 1.54) is 0 Å². The molecule has 0 amide bonds. The van der Waals surface area contributed by atoms with Gasteiger partial charge in [-0.2, -0.15) is 0 Å². The molecule has 120 valence electrons. The molecule has 1 aromatic rings. The van der Waals surface area contributed by atoms with Crippen LogP contribution < -0.4 is 10.5 Å². The van der Waals surface area contributed by atoms with Crippen LogP contribution in [0.5, 0.6) is 5.75 Å². The summed E-state index contributed by atoms with van der Waals surface area (Å²) in [6.07, 6.45) is 0. The summed E-state index contributed by atoms with van der Waals surface area (Å²) in [6, 6.07) is 6.04. The second-order valence-electron chi connectivity index (χ2n) is 5.61. The molecule has 0 aromatic heterocycles. The Hall–Kier alpha value is -1.10. The fraction of sp³-hybridized carbons (Fsp3) is 0.647. The van der Waals surface area contributed by atoms with E-state index in [-0.39, 0.29) is 6.04 Å². The summed E-state index contributed by atoms with van der Waals surface area (Å²) in [6.45, 7) is 11.3. The van der Waals surface area contributed by atoms with Gasteiger partial charge in [-0.05, 0) is 37.5 Å². The Kier molecular flexibility index (Phi) is 8.35. The lowest BCUT2D eigenvalue weighted by molar-refractivity contribution is 0.0308. The van der Waals surface area contributed by atoms with Crippen molar-refractivity contribution in [3.8, 4) is 5.75 Å². The zero-order valence-corrected chi connectivity index (χ0v) is 13.7. The molecule has 0 radical (unpaired) electrons. The van der Waals surface area contributed by atoms with Gasteiger partial charge in [0.25, 0.3) is 0 Å². The van der Waals surface area contributed by atoms with E-state index in [2.05, 4.69) is 19.9 Å². The molecule has 0 aliphatic heterocycles. The van der Waals surface area contributed by atoms with Crippen LogP contribution in [-0.2, 0) is 16.1 Å². The maximum absolute atomic E-state index is 5.93. The van der Waals surface area contributed by atoms with Crippen LogP contribution in [0.2, 0.25) is 0 Å². The van der Waals surface area contributed by atoms with Crippen LogP contribution in [0.3, 0.4) is 0 Å². The molecule has 0 aliphatic rings. The van der Waals surface area contributed by atoms with Crippen LogP contribution in [0, 0.1) is 5.92 Å². The lowest BCUT2D eigenvalue weighted by Crippen LogP contribution is -2.10. The Morgan fingerprint density at radius 2 is 1.81 bits per heavy atom. The summed E-state index contributed by atoms with van der Waals surface area (Å²) in [5.74, 6) is 1.42. The van der Waals surface area contributed by atoms with E-state index in [9.17, 15) is 0 Å². The molecule has 4 heteroatoms. The number of hydrogen-bond acceptors (Lipinski definition) is 4. The lowest BCUT2D eigenvalue weighted by atomic mass is 10.1. The van der Waals surface area contributed by atoms with Crippen molar-refractivity contribution >= 4 is 0 Å². The van der Waals surface area contributed by atoms with Crippen molar-refractivity contribution in [3.05, 3.63) is 29.3 Å². The van der Waals surface area contributed by atoms with E-state index in [1.807, 2.05) is 26.0 Å². The fourth-order valence-corrected chi connectivity index (χ4v) is 1.91. The van der Waals surface area contributed by atoms with Crippen molar-refractivity contribution in [2.45, 2.75) is 40.3 Å². The van der Waals surface area contributed by atoms with E-state index >= 15 is 0 Å². The average molecular weight is 295 g/mol. The maximum Gasteiger partial charge on any atom is 0.124 e. The first-order chi connectivity index (χ1) is 10.0. The summed E-state index contributed by atoms with van der Waals surface area (Å²) in [4.78, 5) is 0. The Morgan fingerprint density at radius 1 is 1.10 bits per heavy atom. The van der Waals surface area contributed by atoms with Gasteiger partial charge in [-0.15, -0.1) is 0 Å². The van der Waals surface area contributed by atoms with Crippen LogP contribution >= 0.6 is 0 Å². The quantitative estimate of drug-likeness (QED) is 0.673. The minimum absolute atomic E-state index is 0.00815. The normalized spacial score (nSPS) is 12.7. The summed E-state index contributed by atoms with van der Waals surface area (Å²) < 4.78 is 16.8. The monoisotopic (exact) mass is 295 g/mol. The van der Waals surface area contributed by atoms with Crippen molar-refractivity contribution < 1.29 is 14.2 Å². The molecule has 1 aromatic carbocycles. The van der Waals surface area contributed by atoms with Gasteiger partial charge in [0.1, 0.15) is 5.75 Å². The Morgan fingerprint density at radius 3 is 2.43 bits per heavy atom. The number of ether oxygens (including phenoxy) is 3. The molecule has 0 saturated heterocycles. The minimum Gasteiger partial charge on any atom is -0.494 e. The highest BCUT2D eigenvalue weighted by molar-refractivity contribution is 5.38. The van der Waals surface area contributed by atoms with Gasteiger partial charge in [0.2, 0.25) is 0 Å². The third-order valence-corrected chi connectivity index (χ3v) is 2.99. The molecule has 1 unspecified atom stereocenters. The Bertz CT molecular complexity index is 405. The lowest BCUT2D eigenvalue weighted by Gasteiger charge is -2.14. The summed E-state index contributed by atoms with van der Waals surface area (Å²) in [5.41, 5.74) is 8.06. The zero-order valence-electron chi connectivity index (χ0n) is 13.7. The standard InChI is InChI=1S/C17H29NO3/c1-5-21-17-7-6-15(14(4)18)10-16(17)12-20-9-8-19-11-13(2)3/h6-7,10,13-14H,5,8-9,11-12,18H2,1-4H3. The van der Waals surface area contributed by atoms with Crippen molar-refractivity contribution in [1.82, 2.24) is 0 Å². The average Bonchev–Trinajstić information content (AvgIpc) is 2.43. The van der Waals surface area contributed by atoms with Crippen LogP contribution in [-0.4, -0.2) is 26.4 Å². The molecule has 0 bridgehead atoms. The first-order valence-electron chi connectivity index (χ1n) is 7.71. The second kappa shape index (κ2) is 9.77. The summed E-state index contributed by atoms with van der Waals surface area (Å²) >= 11 is 0. The number of hydrogen-bond donors (Lipinski definition) is 1. The third kappa shape index (κ3) is 6.93. The Labute approximate surface area is 128 Å². The molecule has 1 rings (SSSR count). The van der Waals surface area contributed by atoms with Crippen molar-refractivity contribution in [2.24, 2.45) is 11.7 Å². The van der Waals surface area contributed by atoms with Crippen molar-refractivity contribution in [3.63, 3.8) is 0 Å². The summed E-state index contributed by atoms with van der Waals surface area (Å²) in [5, 5.41) is 0. The van der Waals surface area contributed by atoms with Gasteiger partial charge >= 0.3 is 0 Å². The predicted octanol–water partition coefficient (Wildman–Crippen LogP) is 3.29. The van der Waals surface area contributed by atoms with E-state index in [1.54, 1.807) is 0 Å². The molecular weight excluding hydrogens is 266 g/mol. The highest BCUT2D eigenvalue weighted by Crippen LogP contribution is 2.23. The Balaban J connectivity index is 2.49. The number of rotatable bonds is 10. The van der Waals surface area contributed by atoms with Crippen molar-refractivity contribution in [2.75, 3.05) is 26.4 Å². The molecule has 21 heavy (non-hydrogen) atoms. The van der Waals surface area contributed by atoms with Crippen LogP contribution in [0.4, 0.5) is 0 Å². The molecule has 0 heterocycles. The van der Waals surface area contributed by atoms with E-state index in [0.29, 0.717) is 32.3 Å². The first-order valence-corrected chi connectivity index (χ1v) is 7.71. The first kappa shape index (κ1) is 18.0. The molecule has 0 saturated carbocycles. The minimum atomic E-state index is 0.00815. The van der Waals surface area contributed by atoms with E-state index in [4.69, 9.17) is 19.9 Å². The van der Waals surface area contributed by atoms with Gasteiger partial charge in [-0.3, -0.25) is 0 Å². The highest BCUT2D eigenvalue weighted by atomic mass is 16.5. The molecule has 4 nitrogen and oxygen atoms in total. The van der Waals surface area contributed by atoms with Crippen LogP contribution in [0.15, 0.2) is 18.2 Å². The van der Waals surface area contributed by atoms with Gasteiger partial charge in [-0.25, -0.2) is 0 Å². The predicted molar refractivity (Wildman–Crippen MR) is 85.5 cm³/mol. The van der Waals surface area contributed by atoms with E-state index in [0.717, 1.165) is 23.5 Å². The second-order valence-corrected chi connectivity index (χ2v) is 5.61. The SMILES string of the molecule is CCOc1ccc(C(C)N)cc1COCCOCC(C)C. The van der Waals surface area contributed by atoms with Crippen LogP contribution in [0.1, 0.15) is 44.9 Å². The molecule has 0 spiro atoms. The van der Waals surface area contributed by atoms with Crippen LogP contribution in [0.25, 0.3) is 0 Å². The highest BCUT2D eigenvalue weighted by Gasteiger charge is 2.08. The molecule has 1 atom stereocenters. The van der Waals surface area contributed by atoms with Gasteiger partial charge in [-0.1, -0.05) is 19.9 Å².